The Labute approximate surface area is 195 Å². The highest BCUT2D eigenvalue weighted by Crippen LogP contribution is 2.34. The highest BCUT2D eigenvalue weighted by molar-refractivity contribution is 7.80. The van der Waals surface area contributed by atoms with Crippen LogP contribution in [0.15, 0.2) is 59.0 Å². The van der Waals surface area contributed by atoms with E-state index in [0.717, 1.165) is 22.2 Å². The van der Waals surface area contributed by atoms with Crippen LogP contribution in [0, 0.1) is 13.8 Å². The van der Waals surface area contributed by atoms with Crippen molar-refractivity contribution in [2.45, 2.75) is 20.3 Å². The SMILES string of the molecule is Cc1cc(C)c2oc(-c3ccc(NC(=S)NC(=O)Cc4ccc(Cl)cc4)cc3O)nc2c1. The number of thiocarbonyl (C=S) groups is 1. The molecule has 1 amide bonds. The molecule has 6 nitrogen and oxygen atoms in total. The Morgan fingerprint density at radius 2 is 1.88 bits per heavy atom. The first kappa shape index (κ1) is 21.8. The largest absolute Gasteiger partial charge is 0.507 e. The van der Waals surface area contributed by atoms with Crippen LogP contribution in [0.5, 0.6) is 5.75 Å². The average Bonchev–Trinajstić information content (AvgIpc) is 3.13. The number of aromatic hydroxyl groups is 1. The maximum Gasteiger partial charge on any atom is 0.231 e. The molecule has 32 heavy (non-hydrogen) atoms. The van der Waals surface area contributed by atoms with E-state index in [4.69, 9.17) is 28.2 Å². The number of carbonyl (C=O) groups excluding carboxylic acids is 1. The Morgan fingerprint density at radius 1 is 1.12 bits per heavy atom. The summed E-state index contributed by atoms with van der Waals surface area (Å²) >= 11 is 11.1. The van der Waals surface area contributed by atoms with Crippen LogP contribution in [-0.4, -0.2) is 21.1 Å². The smallest absolute Gasteiger partial charge is 0.231 e. The number of fused-ring (bicyclic) bond motifs is 1. The third kappa shape index (κ3) is 4.90. The van der Waals surface area contributed by atoms with E-state index < -0.39 is 0 Å². The number of amides is 1. The number of anilines is 1. The van der Waals surface area contributed by atoms with E-state index in [0.29, 0.717) is 27.7 Å². The first-order chi connectivity index (χ1) is 15.3. The molecule has 0 saturated heterocycles. The monoisotopic (exact) mass is 465 g/mol. The second-order valence-electron chi connectivity index (χ2n) is 7.49. The first-order valence-electron chi connectivity index (χ1n) is 9.85. The summed E-state index contributed by atoms with van der Waals surface area (Å²) in [6.45, 7) is 3.95. The van der Waals surface area contributed by atoms with Gasteiger partial charge in [-0.05, 0) is 73.1 Å². The molecule has 0 aliphatic heterocycles. The second-order valence-corrected chi connectivity index (χ2v) is 8.33. The Kier molecular flexibility index (Phi) is 6.12. The summed E-state index contributed by atoms with van der Waals surface area (Å²) in [5.74, 6) is 0.0469. The molecule has 0 aliphatic rings. The molecule has 4 rings (SSSR count). The molecule has 0 radical (unpaired) electrons. The number of hydrogen-bond donors (Lipinski definition) is 3. The number of nitrogens with zero attached hydrogens (tertiary/aromatic N) is 1. The van der Waals surface area contributed by atoms with E-state index in [-0.39, 0.29) is 23.2 Å². The van der Waals surface area contributed by atoms with Crippen molar-refractivity contribution < 1.29 is 14.3 Å². The third-order valence-corrected chi connectivity index (χ3v) is 5.29. The molecule has 3 N–H and O–H groups in total. The third-order valence-electron chi connectivity index (χ3n) is 4.84. The van der Waals surface area contributed by atoms with Crippen LogP contribution in [-0.2, 0) is 11.2 Å². The van der Waals surface area contributed by atoms with Gasteiger partial charge in [-0.15, -0.1) is 0 Å². The summed E-state index contributed by atoms with van der Waals surface area (Å²) in [4.78, 5) is 16.7. The number of hydrogen-bond acceptors (Lipinski definition) is 5. The lowest BCUT2D eigenvalue weighted by Gasteiger charge is -2.11. The molecule has 1 aromatic heterocycles. The molecule has 0 spiro atoms. The van der Waals surface area contributed by atoms with E-state index in [1.54, 1.807) is 36.4 Å². The van der Waals surface area contributed by atoms with Gasteiger partial charge in [-0.1, -0.05) is 29.8 Å². The average molecular weight is 466 g/mol. The van der Waals surface area contributed by atoms with Gasteiger partial charge in [0, 0.05) is 16.8 Å². The molecule has 162 valence electrons. The molecule has 8 heteroatoms. The van der Waals surface area contributed by atoms with Crippen LogP contribution in [0.1, 0.15) is 16.7 Å². The van der Waals surface area contributed by atoms with Crippen molar-refractivity contribution in [3.05, 3.63) is 76.3 Å². The molecule has 0 fully saturated rings. The van der Waals surface area contributed by atoms with Gasteiger partial charge in [0.1, 0.15) is 11.3 Å². The summed E-state index contributed by atoms with van der Waals surface area (Å²) in [5.41, 5.74) is 5.30. The second kappa shape index (κ2) is 8.98. The maximum absolute atomic E-state index is 12.2. The Hall–Kier alpha value is -3.42. The Balaban J connectivity index is 1.44. The molecule has 0 atom stereocenters. The Bertz CT molecular complexity index is 1330. The molecule has 1 heterocycles. The van der Waals surface area contributed by atoms with Crippen LogP contribution >= 0.6 is 23.8 Å². The van der Waals surface area contributed by atoms with E-state index in [1.807, 2.05) is 26.0 Å². The van der Waals surface area contributed by atoms with Gasteiger partial charge in [-0.3, -0.25) is 4.79 Å². The van der Waals surface area contributed by atoms with Crippen molar-refractivity contribution in [1.29, 1.82) is 0 Å². The van der Waals surface area contributed by atoms with Crippen molar-refractivity contribution in [3.63, 3.8) is 0 Å². The number of nitrogens with one attached hydrogen (secondary N) is 2. The fraction of sp³-hybridized carbons (Fsp3) is 0.125. The summed E-state index contributed by atoms with van der Waals surface area (Å²) in [6.07, 6.45) is 0.166. The van der Waals surface area contributed by atoms with Crippen LogP contribution in [0.25, 0.3) is 22.6 Å². The van der Waals surface area contributed by atoms with E-state index in [1.165, 1.54) is 6.07 Å². The number of benzene rings is 3. The Morgan fingerprint density at radius 3 is 2.59 bits per heavy atom. The van der Waals surface area contributed by atoms with Gasteiger partial charge in [0.05, 0.1) is 12.0 Å². The summed E-state index contributed by atoms with van der Waals surface area (Å²) in [5, 5.41) is 16.8. The zero-order valence-electron chi connectivity index (χ0n) is 17.4. The van der Waals surface area contributed by atoms with Gasteiger partial charge < -0.3 is 20.2 Å². The molecular formula is C24H20ClN3O3S. The number of phenolic OH excluding ortho intramolecular Hbond substituents is 1. The normalized spacial score (nSPS) is 10.8. The quantitative estimate of drug-likeness (QED) is 0.344. The van der Waals surface area contributed by atoms with E-state index in [2.05, 4.69) is 15.6 Å². The van der Waals surface area contributed by atoms with Gasteiger partial charge in [0.15, 0.2) is 10.7 Å². The number of rotatable bonds is 4. The predicted octanol–water partition coefficient (Wildman–Crippen LogP) is 5.53. The molecule has 4 aromatic rings. The summed E-state index contributed by atoms with van der Waals surface area (Å²) in [7, 11) is 0. The van der Waals surface area contributed by atoms with Crippen molar-refractivity contribution in [2.75, 3.05) is 5.32 Å². The fourth-order valence-corrected chi connectivity index (χ4v) is 3.76. The number of aryl methyl sites for hydroxylation is 2. The number of halogens is 1. The number of aromatic nitrogens is 1. The van der Waals surface area contributed by atoms with Gasteiger partial charge in [0.2, 0.25) is 11.8 Å². The topological polar surface area (TPSA) is 87.4 Å². The highest BCUT2D eigenvalue weighted by atomic mass is 35.5. The van der Waals surface area contributed by atoms with E-state index in [9.17, 15) is 9.90 Å². The van der Waals surface area contributed by atoms with Gasteiger partial charge in [-0.25, -0.2) is 4.98 Å². The number of oxazole rings is 1. The minimum absolute atomic E-state index is 0.0220. The minimum atomic E-state index is -0.261. The fourth-order valence-electron chi connectivity index (χ4n) is 3.40. The zero-order valence-corrected chi connectivity index (χ0v) is 19.0. The molecule has 0 aliphatic carbocycles. The predicted molar refractivity (Wildman–Crippen MR) is 130 cm³/mol. The summed E-state index contributed by atoms with van der Waals surface area (Å²) in [6, 6.07) is 15.9. The maximum atomic E-state index is 12.2. The molecule has 3 aromatic carbocycles. The molecule has 0 unspecified atom stereocenters. The standard InChI is InChI=1S/C24H20ClN3O3S/c1-13-9-14(2)22-19(10-13)27-23(31-22)18-8-7-17(12-20(18)29)26-24(32)28-21(30)11-15-3-5-16(25)6-4-15/h3-10,12,29H,11H2,1-2H3,(H2,26,28,30,32). The first-order valence-corrected chi connectivity index (χ1v) is 10.6. The van der Waals surface area contributed by atoms with Crippen LogP contribution in [0.3, 0.4) is 0 Å². The van der Waals surface area contributed by atoms with Gasteiger partial charge >= 0.3 is 0 Å². The van der Waals surface area contributed by atoms with E-state index >= 15 is 0 Å². The van der Waals surface area contributed by atoms with Crippen LogP contribution in [0.4, 0.5) is 5.69 Å². The zero-order chi connectivity index (χ0) is 22.8. The molecular weight excluding hydrogens is 446 g/mol. The van der Waals surface area contributed by atoms with Gasteiger partial charge in [-0.2, -0.15) is 0 Å². The van der Waals surface area contributed by atoms with Gasteiger partial charge in [0.25, 0.3) is 0 Å². The number of phenols is 1. The lowest BCUT2D eigenvalue weighted by molar-refractivity contribution is -0.119. The lowest BCUT2D eigenvalue weighted by Crippen LogP contribution is -2.35. The van der Waals surface area contributed by atoms with Crippen molar-refractivity contribution >= 4 is 51.6 Å². The molecule has 0 bridgehead atoms. The summed E-state index contributed by atoms with van der Waals surface area (Å²) < 4.78 is 5.88. The van der Waals surface area contributed by atoms with Crippen LogP contribution < -0.4 is 10.6 Å². The molecule has 0 saturated carbocycles. The highest BCUT2D eigenvalue weighted by Gasteiger charge is 2.15. The van der Waals surface area contributed by atoms with Crippen molar-refractivity contribution in [2.24, 2.45) is 0 Å². The van der Waals surface area contributed by atoms with Crippen molar-refractivity contribution in [1.82, 2.24) is 10.3 Å². The van der Waals surface area contributed by atoms with Crippen LogP contribution in [0.2, 0.25) is 5.02 Å². The lowest BCUT2D eigenvalue weighted by atomic mass is 10.1. The number of carbonyl (C=O) groups is 1. The minimum Gasteiger partial charge on any atom is -0.507 e. The van der Waals surface area contributed by atoms with Crippen molar-refractivity contribution in [3.8, 4) is 17.2 Å².